The molecule has 1 aromatic rings. The molecule has 2 amide bonds. The van der Waals surface area contributed by atoms with Gasteiger partial charge in [0.25, 0.3) is 5.91 Å². The molecular weight excluding hydrogens is 268 g/mol. The van der Waals surface area contributed by atoms with Crippen molar-refractivity contribution < 1.29 is 9.59 Å². The van der Waals surface area contributed by atoms with E-state index in [1.807, 2.05) is 12.1 Å². The first-order valence-electron chi connectivity index (χ1n) is 6.81. The molecule has 1 N–H and O–H groups in total. The lowest BCUT2D eigenvalue weighted by Gasteiger charge is -2.18. The molecule has 0 atom stereocenters. The second-order valence-corrected chi connectivity index (χ2v) is 4.80. The van der Waals surface area contributed by atoms with Crippen LogP contribution in [-0.4, -0.2) is 34.6 Å². The first-order chi connectivity index (χ1) is 10.1. The standard InChI is InChI=1S/C15H18N4O2/c1-3-4-5-11-6-8-13(16-10-11)17-15(21)12-7-9-14(20)19(2)18-12/h3,6,8,10H,1,4-5,7,9H2,2H3,(H,16,17,21). The number of nitrogens with one attached hydrogen (secondary N) is 1. The summed E-state index contributed by atoms with van der Waals surface area (Å²) in [5.74, 6) is 0.0709. The third-order valence-electron chi connectivity index (χ3n) is 3.17. The number of hydrogen-bond acceptors (Lipinski definition) is 4. The van der Waals surface area contributed by atoms with E-state index in [1.165, 1.54) is 5.01 Å². The van der Waals surface area contributed by atoms with Gasteiger partial charge in [-0.15, -0.1) is 6.58 Å². The van der Waals surface area contributed by atoms with E-state index < -0.39 is 0 Å². The Morgan fingerprint density at radius 2 is 2.29 bits per heavy atom. The summed E-state index contributed by atoms with van der Waals surface area (Å²) in [4.78, 5) is 27.6. The first kappa shape index (κ1) is 14.9. The lowest BCUT2D eigenvalue weighted by atomic mass is 10.1. The van der Waals surface area contributed by atoms with Crippen LogP contribution in [0, 0.1) is 0 Å². The van der Waals surface area contributed by atoms with E-state index in [4.69, 9.17) is 0 Å². The number of nitrogens with zero attached hydrogens (tertiary/aromatic N) is 3. The topological polar surface area (TPSA) is 74.7 Å². The van der Waals surface area contributed by atoms with Crippen molar-refractivity contribution in [3.8, 4) is 0 Å². The van der Waals surface area contributed by atoms with E-state index in [9.17, 15) is 9.59 Å². The molecule has 2 rings (SSSR count). The van der Waals surface area contributed by atoms with Crippen LogP contribution in [0.5, 0.6) is 0 Å². The normalized spacial score (nSPS) is 14.6. The van der Waals surface area contributed by atoms with Gasteiger partial charge in [0, 0.05) is 26.1 Å². The predicted molar refractivity (Wildman–Crippen MR) is 80.8 cm³/mol. The van der Waals surface area contributed by atoms with Crippen molar-refractivity contribution in [3.05, 3.63) is 36.5 Å². The Kier molecular flexibility index (Phi) is 4.81. The van der Waals surface area contributed by atoms with Crippen molar-refractivity contribution in [3.63, 3.8) is 0 Å². The highest BCUT2D eigenvalue weighted by atomic mass is 16.2. The highest BCUT2D eigenvalue weighted by molar-refractivity contribution is 6.43. The highest BCUT2D eigenvalue weighted by Crippen LogP contribution is 2.11. The van der Waals surface area contributed by atoms with Gasteiger partial charge < -0.3 is 5.32 Å². The zero-order valence-corrected chi connectivity index (χ0v) is 12.0. The maximum absolute atomic E-state index is 12.0. The lowest BCUT2D eigenvalue weighted by molar-refractivity contribution is -0.130. The molecule has 1 aliphatic heterocycles. The molecule has 0 spiro atoms. The van der Waals surface area contributed by atoms with Crippen LogP contribution in [0.1, 0.15) is 24.8 Å². The largest absolute Gasteiger partial charge is 0.305 e. The monoisotopic (exact) mass is 286 g/mol. The fourth-order valence-electron chi connectivity index (χ4n) is 1.94. The van der Waals surface area contributed by atoms with E-state index in [-0.39, 0.29) is 11.8 Å². The van der Waals surface area contributed by atoms with Crippen molar-refractivity contribution >= 4 is 23.3 Å². The Hall–Kier alpha value is -2.50. The van der Waals surface area contributed by atoms with Crippen LogP contribution in [0.2, 0.25) is 0 Å². The summed E-state index contributed by atoms with van der Waals surface area (Å²) in [6.45, 7) is 3.68. The quantitative estimate of drug-likeness (QED) is 0.838. The van der Waals surface area contributed by atoms with E-state index in [1.54, 1.807) is 19.3 Å². The lowest BCUT2D eigenvalue weighted by Crippen LogP contribution is -2.34. The van der Waals surface area contributed by atoms with E-state index in [0.717, 1.165) is 18.4 Å². The van der Waals surface area contributed by atoms with Crippen LogP contribution < -0.4 is 5.32 Å². The summed E-state index contributed by atoms with van der Waals surface area (Å²) in [6.07, 6.45) is 6.02. The highest BCUT2D eigenvalue weighted by Gasteiger charge is 2.22. The minimum Gasteiger partial charge on any atom is -0.305 e. The molecule has 0 bridgehead atoms. The second kappa shape index (κ2) is 6.78. The fraction of sp³-hybridized carbons (Fsp3) is 0.333. The van der Waals surface area contributed by atoms with Gasteiger partial charge in [0.1, 0.15) is 11.5 Å². The Morgan fingerprint density at radius 1 is 1.48 bits per heavy atom. The van der Waals surface area contributed by atoms with E-state index in [2.05, 4.69) is 22.0 Å². The predicted octanol–water partition coefficient (Wildman–Crippen LogP) is 1.75. The molecule has 0 unspecified atom stereocenters. The summed E-state index contributed by atoms with van der Waals surface area (Å²) in [7, 11) is 1.54. The Labute approximate surface area is 123 Å². The number of pyridine rings is 1. The summed E-state index contributed by atoms with van der Waals surface area (Å²) in [6, 6.07) is 3.68. The molecular formula is C15H18N4O2. The van der Waals surface area contributed by atoms with Crippen molar-refractivity contribution in [1.29, 1.82) is 0 Å². The van der Waals surface area contributed by atoms with Gasteiger partial charge in [0.15, 0.2) is 0 Å². The molecule has 21 heavy (non-hydrogen) atoms. The van der Waals surface area contributed by atoms with Gasteiger partial charge in [-0.25, -0.2) is 9.99 Å². The van der Waals surface area contributed by atoms with Gasteiger partial charge in [-0.1, -0.05) is 12.1 Å². The molecule has 110 valence electrons. The van der Waals surface area contributed by atoms with Gasteiger partial charge in [-0.2, -0.15) is 5.10 Å². The number of carbonyl (C=O) groups excluding carboxylic acids is 2. The average Bonchev–Trinajstić information content (AvgIpc) is 2.49. The average molecular weight is 286 g/mol. The number of allylic oxidation sites excluding steroid dienone is 1. The SMILES string of the molecule is C=CCCc1ccc(NC(=O)C2=NN(C)C(=O)CC2)nc1. The number of rotatable bonds is 5. The molecule has 6 nitrogen and oxygen atoms in total. The number of hydrogen-bond donors (Lipinski definition) is 1. The Balaban J connectivity index is 1.98. The minimum atomic E-state index is -0.319. The van der Waals surface area contributed by atoms with Crippen molar-refractivity contribution in [2.75, 3.05) is 12.4 Å². The molecule has 1 aliphatic rings. The van der Waals surface area contributed by atoms with Crippen LogP contribution in [0.25, 0.3) is 0 Å². The van der Waals surface area contributed by atoms with Gasteiger partial charge in [0.2, 0.25) is 5.91 Å². The van der Waals surface area contributed by atoms with Gasteiger partial charge in [0.05, 0.1) is 0 Å². The molecule has 1 aromatic heterocycles. The molecule has 6 heteroatoms. The first-order valence-corrected chi connectivity index (χ1v) is 6.81. The summed E-state index contributed by atoms with van der Waals surface area (Å²) < 4.78 is 0. The van der Waals surface area contributed by atoms with Crippen LogP contribution in [0.4, 0.5) is 5.82 Å². The minimum absolute atomic E-state index is 0.0868. The van der Waals surface area contributed by atoms with Gasteiger partial charge >= 0.3 is 0 Å². The number of aryl methyl sites for hydroxylation is 1. The van der Waals surface area contributed by atoms with E-state index >= 15 is 0 Å². The third-order valence-corrected chi connectivity index (χ3v) is 3.17. The maximum atomic E-state index is 12.0. The number of hydrazone groups is 1. The van der Waals surface area contributed by atoms with Crippen LogP contribution >= 0.6 is 0 Å². The summed E-state index contributed by atoms with van der Waals surface area (Å²) in [5.41, 5.74) is 1.43. The van der Waals surface area contributed by atoms with Crippen molar-refractivity contribution in [1.82, 2.24) is 9.99 Å². The zero-order chi connectivity index (χ0) is 15.2. The molecule has 0 saturated heterocycles. The molecule has 2 heterocycles. The van der Waals surface area contributed by atoms with Crippen LogP contribution in [0.3, 0.4) is 0 Å². The van der Waals surface area contributed by atoms with Crippen LogP contribution in [0.15, 0.2) is 36.1 Å². The van der Waals surface area contributed by atoms with Crippen molar-refractivity contribution in [2.45, 2.75) is 25.7 Å². The number of amides is 2. The smallest absolute Gasteiger partial charge is 0.273 e. The van der Waals surface area contributed by atoms with Crippen molar-refractivity contribution in [2.24, 2.45) is 5.10 Å². The second-order valence-electron chi connectivity index (χ2n) is 4.80. The van der Waals surface area contributed by atoms with Crippen LogP contribution in [-0.2, 0) is 16.0 Å². The molecule has 0 saturated carbocycles. The van der Waals surface area contributed by atoms with Gasteiger partial charge in [-0.3, -0.25) is 9.59 Å². The number of carbonyl (C=O) groups is 2. The van der Waals surface area contributed by atoms with Gasteiger partial charge in [-0.05, 0) is 24.5 Å². The number of anilines is 1. The molecule has 0 aromatic carbocycles. The Bertz CT molecular complexity index is 578. The number of aromatic nitrogens is 1. The Morgan fingerprint density at radius 3 is 2.90 bits per heavy atom. The fourth-order valence-corrected chi connectivity index (χ4v) is 1.94. The van der Waals surface area contributed by atoms with E-state index in [0.29, 0.717) is 24.4 Å². The summed E-state index contributed by atoms with van der Waals surface area (Å²) >= 11 is 0. The molecule has 0 fully saturated rings. The molecule has 0 aliphatic carbocycles. The summed E-state index contributed by atoms with van der Waals surface area (Å²) in [5, 5.41) is 7.86. The zero-order valence-electron chi connectivity index (χ0n) is 12.0. The third kappa shape index (κ3) is 3.98. The maximum Gasteiger partial charge on any atom is 0.273 e. The molecule has 0 radical (unpaired) electrons.